The van der Waals surface area contributed by atoms with Crippen molar-refractivity contribution < 1.29 is 19.4 Å². The van der Waals surface area contributed by atoms with Gasteiger partial charge in [-0.1, -0.05) is 12.1 Å². The average molecular weight is 330 g/mol. The zero-order chi connectivity index (χ0) is 17.9. The van der Waals surface area contributed by atoms with Gasteiger partial charge < -0.3 is 11.1 Å². The molecule has 24 heavy (non-hydrogen) atoms. The third-order valence-electron chi connectivity index (χ3n) is 3.03. The smallest absolute Gasteiger partial charge is 0.277 e. The van der Waals surface area contributed by atoms with Crippen LogP contribution in [0.1, 0.15) is 20.7 Å². The van der Waals surface area contributed by atoms with Gasteiger partial charge >= 0.3 is 0 Å². The minimum absolute atomic E-state index is 0.0331. The number of primary amides is 1. The van der Waals surface area contributed by atoms with Crippen molar-refractivity contribution in [1.29, 1.82) is 0 Å². The molecule has 0 fully saturated rings. The Morgan fingerprint density at radius 2 is 1.50 bits per heavy atom. The molecule has 0 atom stereocenters. The van der Waals surface area contributed by atoms with Crippen LogP contribution in [-0.2, 0) is 0 Å². The fourth-order valence-corrected chi connectivity index (χ4v) is 1.94. The van der Waals surface area contributed by atoms with Crippen LogP contribution in [0.2, 0.25) is 0 Å². The highest BCUT2D eigenvalue weighted by Crippen LogP contribution is 2.24. The standard InChI is InChI=1S/C14H10N4O6/c15-13(19)11-3-1-2-4-12(11)16-14(20)8-5-9(17(21)22)7-10(6-8)18(23)24/h1-7H,(H2,15,19)(H,16,20). The highest BCUT2D eigenvalue weighted by Gasteiger charge is 2.20. The minimum atomic E-state index is -0.851. The van der Waals surface area contributed by atoms with E-state index < -0.39 is 33.0 Å². The first-order chi connectivity index (χ1) is 11.3. The van der Waals surface area contributed by atoms with Crippen LogP contribution in [0.4, 0.5) is 17.1 Å². The van der Waals surface area contributed by atoms with Crippen molar-refractivity contribution in [3.05, 3.63) is 73.8 Å². The number of amides is 2. The molecule has 0 spiro atoms. The largest absolute Gasteiger partial charge is 0.366 e. The Hall–Kier alpha value is -3.82. The quantitative estimate of drug-likeness (QED) is 0.628. The van der Waals surface area contributed by atoms with Gasteiger partial charge in [0, 0.05) is 12.1 Å². The van der Waals surface area contributed by atoms with Crippen LogP contribution in [0.15, 0.2) is 42.5 Å². The van der Waals surface area contributed by atoms with Crippen molar-refractivity contribution in [2.75, 3.05) is 5.32 Å². The molecule has 0 aliphatic carbocycles. The molecule has 0 unspecified atom stereocenters. The molecule has 10 heteroatoms. The van der Waals surface area contributed by atoms with Crippen LogP contribution < -0.4 is 11.1 Å². The monoisotopic (exact) mass is 330 g/mol. The number of carbonyl (C=O) groups is 2. The summed E-state index contributed by atoms with van der Waals surface area (Å²) in [6, 6.07) is 8.40. The highest BCUT2D eigenvalue weighted by molar-refractivity contribution is 6.09. The number of nitro groups is 2. The van der Waals surface area contributed by atoms with Crippen LogP contribution in [0, 0.1) is 20.2 Å². The van der Waals surface area contributed by atoms with E-state index in [1.54, 1.807) is 0 Å². The lowest BCUT2D eigenvalue weighted by Crippen LogP contribution is -2.18. The molecular formula is C14H10N4O6. The molecule has 2 rings (SSSR count). The predicted molar refractivity (Wildman–Crippen MR) is 82.7 cm³/mol. The number of nitrogens with one attached hydrogen (secondary N) is 1. The molecule has 2 aromatic rings. The number of nitrogens with zero attached hydrogens (tertiary/aromatic N) is 2. The number of nitrogens with two attached hydrogens (primary N) is 1. The van der Waals surface area contributed by atoms with E-state index in [0.29, 0.717) is 0 Å². The van der Waals surface area contributed by atoms with Crippen molar-refractivity contribution >= 4 is 28.9 Å². The number of nitro benzene ring substituents is 2. The Bertz CT molecular complexity index is 832. The molecule has 0 aromatic heterocycles. The van der Waals surface area contributed by atoms with Gasteiger partial charge in [-0.3, -0.25) is 29.8 Å². The van der Waals surface area contributed by atoms with E-state index in [1.165, 1.54) is 24.3 Å². The van der Waals surface area contributed by atoms with Crippen LogP contribution in [0.5, 0.6) is 0 Å². The predicted octanol–water partition coefficient (Wildman–Crippen LogP) is 1.85. The van der Waals surface area contributed by atoms with E-state index in [9.17, 15) is 29.8 Å². The molecule has 0 aliphatic rings. The van der Waals surface area contributed by atoms with Gasteiger partial charge in [0.15, 0.2) is 0 Å². The number of rotatable bonds is 5. The van der Waals surface area contributed by atoms with Crippen LogP contribution in [0.3, 0.4) is 0 Å². The fourth-order valence-electron chi connectivity index (χ4n) is 1.94. The Labute approximate surface area is 134 Å². The van der Waals surface area contributed by atoms with E-state index in [4.69, 9.17) is 5.73 Å². The number of anilines is 1. The number of carbonyl (C=O) groups excluding carboxylic acids is 2. The SMILES string of the molecule is NC(=O)c1ccccc1NC(=O)c1cc([N+](=O)[O-])cc([N+](=O)[O-])c1. The lowest BCUT2D eigenvalue weighted by atomic mass is 10.1. The van der Waals surface area contributed by atoms with Crippen molar-refractivity contribution in [2.45, 2.75) is 0 Å². The van der Waals surface area contributed by atoms with Crippen LogP contribution in [-0.4, -0.2) is 21.7 Å². The molecule has 0 radical (unpaired) electrons. The molecule has 3 N–H and O–H groups in total. The summed E-state index contributed by atoms with van der Waals surface area (Å²) in [5.41, 5.74) is 3.81. The minimum Gasteiger partial charge on any atom is -0.366 e. The lowest BCUT2D eigenvalue weighted by molar-refractivity contribution is -0.394. The van der Waals surface area contributed by atoms with Gasteiger partial charge in [0.1, 0.15) is 0 Å². The first-order valence-electron chi connectivity index (χ1n) is 6.43. The third kappa shape index (κ3) is 3.50. The van der Waals surface area contributed by atoms with E-state index in [1.807, 2.05) is 0 Å². The Morgan fingerprint density at radius 3 is 2.00 bits per heavy atom. The van der Waals surface area contributed by atoms with E-state index >= 15 is 0 Å². The van der Waals surface area contributed by atoms with Gasteiger partial charge in [-0.05, 0) is 12.1 Å². The van der Waals surface area contributed by atoms with Crippen LogP contribution >= 0.6 is 0 Å². The summed E-state index contributed by atoms with van der Waals surface area (Å²) in [6.45, 7) is 0. The summed E-state index contributed by atoms with van der Waals surface area (Å²) in [5, 5.41) is 24.0. The van der Waals surface area contributed by atoms with E-state index in [0.717, 1.165) is 18.2 Å². The summed E-state index contributed by atoms with van der Waals surface area (Å²) in [4.78, 5) is 43.5. The molecular weight excluding hydrogens is 320 g/mol. The number of non-ortho nitro benzene ring substituents is 2. The Kier molecular flexibility index (Phi) is 4.50. The third-order valence-corrected chi connectivity index (χ3v) is 3.03. The first-order valence-corrected chi connectivity index (χ1v) is 6.43. The average Bonchev–Trinajstić information content (AvgIpc) is 2.54. The maximum atomic E-state index is 12.2. The number of hydrogen-bond acceptors (Lipinski definition) is 6. The Balaban J connectivity index is 2.42. The molecule has 0 aliphatic heterocycles. The summed E-state index contributed by atoms with van der Waals surface area (Å²) in [7, 11) is 0. The highest BCUT2D eigenvalue weighted by atomic mass is 16.6. The van der Waals surface area contributed by atoms with Gasteiger partial charge in [-0.2, -0.15) is 0 Å². The van der Waals surface area contributed by atoms with Crippen LogP contribution in [0.25, 0.3) is 0 Å². The molecule has 0 saturated heterocycles. The molecule has 0 saturated carbocycles. The number of hydrogen-bond donors (Lipinski definition) is 2. The second kappa shape index (κ2) is 6.52. The van der Waals surface area contributed by atoms with Crippen molar-refractivity contribution in [2.24, 2.45) is 5.73 Å². The first kappa shape index (κ1) is 16.5. The summed E-state index contributed by atoms with van der Waals surface area (Å²) in [5.74, 6) is -1.63. The molecule has 2 aromatic carbocycles. The summed E-state index contributed by atoms with van der Waals surface area (Å²) >= 11 is 0. The van der Waals surface area contributed by atoms with E-state index in [-0.39, 0.29) is 16.8 Å². The van der Waals surface area contributed by atoms with Gasteiger partial charge in [-0.25, -0.2) is 0 Å². The second-order valence-corrected chi connectivity index (χ2v) is 4.62. The van der Waals surface area contributed by atoms with Gasteiger partial charge in [0.05, 0.1) is 32.7 Å². The van der Waals surface area contributed by atoms with E-state index in [2.05, 4.69) is 5.32 Å². The molecule has 0 heterocycles. The topological polar surface area (TPSA) is 158 Å². The summed E-state index contributed by atoms with van der Waals surface area (Å²) in [6.07, 6.45) is 0. The van der Waals surface area contributed by atoms with Crippen molar-refractivity contribution in [1.82, 2.24) is 0 Å². The molecule has 10 nitrogen and oxygen atoms in total. The Morgan fingerprint density at radius 1 is 0.958 bits per heavy atom. The molecule has 122 valence electrons. The maximum Gasteiger partial charge on any atom is 0.277 e. The van der Waals surface area contributed by atoms with Gasteiger partial charge in [-0.15, -0.1) is 0 Å². The van der Waals surface area contributed by atoms with Gasteiger partial charge in [0.25, 0.3) is 23.2 Å². The molecule has 0 bridgehead atoms. The van der Waals surface area contributed by atoms with Gasteiger partial charge in [0.2, 0.25) is 0 Å². The zero-order valence-corrected chi connectivity index (χ0v) is 12.0. The molecule has 2 amide bonds. The fraction of sp³-hybridized carbons (Fsp3) is 0. The maximum absolute atomic E-state index is 12.2. The van der Waals surface area contributed by atoms with Crippen molar-refractivity contribution in [3.63, 3.8) is 0 Å². The summed E-state index contributed by atoms with van der Waals surface area (Å²) < 4.78 is 0. The number of benzene rings is 2. The normalized spacial score (nSPS) is 10.0. The lowest BCUT2D eigenvalue weighted by Gasteiger charge is -2.08. The van der Waals surface area contributed by atoms with Crippen molar-refractivity contribution in [3.8, 4) is 0 Å². The zero-order valence-electron chi connectivity index (χ0n) is 12.0. The number of para-hydroxylation sites is 1. The second-order valence-electron chi connectivity index (χ2n) is 4.62.